The van der Waals surface area contributed by atoms with E-state index in [9.17, 15) is 35.4 Å². The number of ether oxygens (including phenoxy) is 1. The van der Waals surface area contributed by atoms with Gasteiger partial charge < -0.3 is 35.4 Å². The van der Waals surface area contributed by atoms with Crippen LogP contribution in [-0.4, -0.2) is 78.1 Å². The molecule has 1 aromatic rings. The highest BCUT2D eigenvalue weighted by Crippen LogP contribution is 2.72. The van der Waals surface area contributed by atoms with Gasteiger partial charge in [0, 0.05) is 10.8 Å². The second kappa shape index (κ2) is 10.1. The van der Waals surface area contributed by atoms with Gasteiger partial charge in [-0.25, -0.2) is 0 Å². The summed E-state index contributed by atoms with van der Waals surface area (Å²) in [7, 11) is 0. The first-order valence-corrected chi connectivity index (χ1v) is 16.6. The number of carbonyl (C=O) groups is 1. The van der Waals surface area contributed by atoms with Gasteiger partial charge in [0.15, 0.2) is 5.78 Å². The van der Waals surface area contributed by atoms with Crippen LogP contribution in [0.15, 0.2) is 35.9 Å². The van der Waals surface area contributed by atoms with Gasteiger partial charge >= 0.3 is 0 Å². The quantitative estimate of drug-likeness (QED) is 0.255. The number of hydrogen-bond donors (Lipinski definition) is 6. The third kappa shape index (κ3) is 4.20. The van der Waals surface area contributed by atoms with Gasteiger partial charge in [0.25, 0.3) is 0 Å². The minimum absolute atomic E-state index is 0.00210. The average molecular weight is 613 g/mol. The Morgan fingerprint density at radius 2 is 1.70 bits per heavy atom. The molecule has 1 aromatic carbocycles. The van der Waals surface area contributed by atoms with E-state index in [1.54, 1.807) is 30.3 Å². The number of carbonyl (C=O) groups excluding carboxylic acids is 1. The SMILES string of the molecule is CC(C)[C@@H](C)[C@@H]1O[C@H]1[C@](C)(O)[C@H]1CC[C@@]2(O)C3=CC(=O)[C@]4(Cc5ccc(O)cc5)C[C@@H](O)[C@](O)(CO)C[C@]4(C)[C@H]3CC[C@]12C. The van der Waals surface area contributed by atoms with Crippen LogP contribution in [0.25, 0.3) is 0 Å². The van der Waals surface area contributed by atoms with Crippen molar-refractivity contribution in [2.45, 2.75) is 122 Å². The molecule has 8 heteroatoms. The van der Waals surface area contributed by atoms with Crippen LogP contribution >= 0.6 is 0 Å². The number of phenolic OH excluding ortho intramolecular Hbond substituents is 1. The third-order valence-corrected chi connectivity index (χ3v) is 13.9. The average Bonchev–Trinajstić information content (AvgIpc) is 3.71. The largest absolute Gasteiger partial charge is 0.508 e. The Bertz CT molecular complexity index is 1340. The lowest BCUT2D eigenvalue weighted by molar-refractivity contribution is -0.220. The molecule has 0 amide bonds. The Kier molecular flexibility index (Phi) is 7.37. The molecule has 0 aromatic heterocycles. The maximum atomic E-state index is 14.6. The Morgan fingerprint density at radius 3 is 2.32 bits per heavy atom. The first kappa shape index (κ1) is 32.1. The van der Waals surface area contributed by atoms with Gasteiger partial charge in [-0.05, 0) is 110 Å². The molecule has 6 N–H and O–H groups in total. The van der Waals surface area contributed by atoms with E-state index < -0.39 is 45.8 Å². The van der Waals surface area contributed by atoms with Crippen molar-refractivity contribution in [1.82, 2.24) is 0 Å². The van der Waals surface area contributed by atoms with Crippen molar-refractivity contribution in [3.63, 3.8) is 0 Å². The summed E-state index contributed by atoms with van der Waals surface area (Å²) < 4.78 is 6.12. The second-order valence-electron chi connectivity index (χ2n) is 16.3. The van der Waals surface area contributed by atoms with E-state index >= 15 is 0 Å². The lowest BCUT2D eigenvalue weighted by atomic mass is 9.39. The van der Waals surface area contributed by atoms with Crippen molar-refractivity contribution in [1.29, 1.82) is 0 Å². The van der Waals surface area contributed by atoms with E-state index in [0.717, 1.165) is 5.56 Å². The van der Waals surface area contributed by atoms with E-state index in [1.165, 1.54) is 0 Å². The molecule has 44 heavy (non-hydrogen) atoms. The normalized spacial score (nSPS) is 46.9. The number of rotatable bonds is 7. The molecule has 6 rings (SSSR count). The van der Waals surface area contributed by atoms with Crippen LogP contribution in [-0.2, 0) is 16.0 Å². The topological polar surface area (TPSA) is 151 Å². The number of allylic oxidation sites excluding steroid dienone is 1. The van der Waals surface area contributed by atoms with Crippen LogP contribution in [0, 0.1) is 39.9 Å². The molecular weight excluding hydrogens is 560 g/mol. The first-order chi connectivity index (χ1) is 20.4. The fraction of sp³-hybridized carbons (Fsp3) is 0.750. The molecule has 5 aliphatic rings. The summed E-state index contributed by atoms with van der Waals surface area (Å²) >= 11 is 0. The third-order valence-electron chi connectivity index (χ3n) is 13.9. The van der Waals surface area contributed by atoms with E-state index in [0.29, 0.717) is 49.5 Å². The zero-order valence-corrected chi connectivity index (χ0v) is 27.1. The molecule has 1 saturated heterocycles. The smallest absolute Gasteiger partial charge is 0.162 e. The van der Waals surface area contributed by atoms with E-state index in [1.807, 2.05) is 13.8 Å². The molecule has 4 fully saturated rings. The predicted molar refractivity (Wildman–Crippen MR) is 165 cm³/mol. The molecule has 244 valence electrons. The van der Waals surface area contributed by atoms with Crippen LogP contribution in [0.2, 0.25) is 0 Å². The predicted octanol–water partition coefficient (Wildman–Crippen LogP) is 3.68. The summed E-state index contributed by atoms with van der Waals surface area (Å²) in [6.07, 6.45) is 2.51. The fourth-order valence-corrected chi connectivity index (χ4v) is 10.7. The Labute approximate surface area is 261 Å². The molecule has 3 saturated carbocycles. The van der Waals surface area contributed by atoms with Gasteiger partial charge in [0.1, 0.15) is 17.5 Å². The molecule has 4 aliphatic carbocycles. The fourth-order valence-electron chi connectivity index (χ4n) is 10.7. The van der Waals surface area contributed by atoms with Gasteiger partial charge in [-0.15, -0.1) is 0 Å². The number of hydrogen-bond acceptors (Lipinski definition) is 8. The van der Waals surface area contributed by atoms with Gasteiger partial charge in [-0.1, -0.05) is 46.8 Å². The Hall–Kier alpha value is -1.81. The summed E-state index contributed by atoms with van der Waals surface area (Å²) in [6.45, 7) is 11.7. The Morgan fingerprint density at radius 1 is 1.05 bits per heavy atom. The molecule has 0 radical (unpaired) electrons. The van der Waals surface area contributed by atoms with Gasteiger partial charge in [0.05, 0.1) is 30.0 Å². The Balaban J connectivity index is 1.41. The summed E-state index contributed by atoms with van der Waals surface area (Å²) in [5, 5.41) is 67.7. The van der Waals surface area contributed by atoms with Crippen LogP contribution in [0.1, 0.15) is 85.6 Å². The lowest BCUT2D eigenvalue weighted by Crippen LogP contribution is -2.69. The number of ketones is 1. The van der Waals surface area contributed by atoms with Gasteiger partial charge in [-0.2, -0.15) is 0 Å². The number of aliphatic hydroxyl groups is 5. The van der Waals surface area contributed by atoms with Crippen molar-refractivity contribution < 1.29 is 40.2 Å². The van der Waals surface area contributed by atoms with Crippen LogP contribution in [0.4, 0.5) is 0 Å². The van der Waals surface area contributed by atoms with Gasteiger partial charge in [0.2, 0.25) is 0 Å². The number of aromatic hydroxyl groups is 1. The zero-order chi connectivity index (χ0) is 32.3. The van der Waals surface area contributed by atoms with Crippen LogP contribution in [0.5, 0.6) is 5.75 Å². The van der Waals surface area contributed by atoms with Crippen molar-refractivity contribution >= 4 is 5.78 Å². The lowest BCUT2D eigenvalue weighted by Gasteiger charge is -2.66. The maximum absolute atomic E-state index is 14.6. The highest BCUT2D eigenvalue weighted by atomic mass is 16.6. The minimum atomic E-state index is -1.79. The molecule has 0 bridgehead atoms. The van der Waals surface area contributed by atoms with E-state index in [2.05, 4.69) is 27.7 Å². The zero-order valence-electron chi connectivity index (χ0n) is 27.1. The molecule has 1 aliphatic heterocycles. The van der Waals surface area contributed by atoms with Crippen LogP contribution in [0.3, 0.4) is 0 Å². The summed E-state index contributed by atoms with van der Waals surface area (Å²) in [4.78, 5) is 14.6. The number of aliphatic hydroxyl groups excluding tert-OH is 2. The molecule has 12 atom stereocenters. The van der Waals surface area contributed by atoms with Crippen molar-refractivity contribution in [2.75, 3.05) is 6.61 Å². The molecular formula is C36H52O8. The van der Waals surface area contributed by atoms with E-state index in [-0.39, 0.29) is 48.4 Å². The molecule has 8 nitrogen and oxygen atoms in total. The van der Waals surface area contributed by atoms with Gasteiger partial charge in [-0.3, -0.25) is 4.79 Å². The standard InChI is InChI=1S/C36H52O8/c1-20(2)21(3)29-30(44-29)33(6,41)26-12-14-36(43)25-15-27(39)34(16-22-7-9-23(38)10-8-22)17-28(40)35(42,19-37)18-32(34,5)24(25)11-13-31(26,36)4/h7-10,15,20-21,24,26,28-30,37-38,40-43H,11-14,16-19H2,1-6H3/t21-,24+,26+,28-,29+,30-,31-,32-,33-,34+,35-,36-/m1/s1. The second-order valence-corrected chi connectivity index (χ2v) is 16.3. The molecule has 1 heterocycles. The number of benzene rings is 1. The number of epoxide rings is 1. The first-order valence-electron chi connectivity index (χ1n) is 16.6. The molecule has 0 unspecified atom stereocenters. The summed E-state index contributed by atoms with van der Waals surface area (Å²) in [6, 6.07) is 6.71. The molecule has 0 spiro atoms. The maximum Gasteiger partial charge on any atom is 0.162 e. The minimum Gasteiger partial charge on any atom is -0.508 e. The highest BCUT2D eigenvalue weighted by Gasteiger charge is 2.74. The van der Waals surface area contributed by atoms with Crippen LogP contribution < -0.4 is 0 Å². The van der Waals surface area contributed by atoms with Crippen molar-refractivity contribution in [3.05, 3.63) is 41.5 Å². The number of phenols is 1. The summed E-state index contributed by atoms with van der Waals surface area (Å²) in [5.74, 6) is 0.109. The van der Waals surface area contributed by atoms with Crippen molar-refractivity contribution in [3.8, 4) is 5.75 Å². The number of fused-ring (bicyclic) bond motifs is 5. The van der Waals surface area contributed by atoms with Crippen molar-refractivity contribution in [2.24, 2.45) is 39.9 Å². The monoisotopic (exact) mass is 612 g/mol. The van der Waals surface area contributed by atoms with E-state index in [4.69, 9.17) is 4.74 Å². The highest BCUT2D eigenvalue weighted by molar-refractivity contribution is 5.98. The summed E-state index contributed by atoms with van der Waals surface area (Å²) in [5.41, 5.74) is -5.47.